The number of hydrogen-bond donors (Lipinski definition) is 2. The van der Waals surface area contributed by atoms with Gasteiger partial charge in [-0.1, -0.05) is 18.2 Å². The van der Waals surface area contributed by atoms with Crippen molar-refractivity contribution >= 4 is 5.69 Å². The van der Waals surface area contributed by atoms with Crippen molar-refractivity contribution in [2.24, 2.45) is 0 Å². The smallest absolute Gasteiger partial charge is 0.125 e. The SMILES string of the molecule is CNC[C@@H](O)[C@H](c1ccc(OC)cc1)N(C)c1cccc(F)c1. The molecule has 2 atom stereocenters. The summed E-state index contributed by atoms with van der Waals surface area (Å²) in [6, 6.07) is 13.6. The molecule has 0 amide bonds. The Morgan fingerprint density at radius 1 is 1.22 bits per heavy atom. The normalized spacial score (nSPS) is 13.4. The zero-order valence-electron chi connectivity index (χ0n) is 13.7. The molecule has 0 saturated heterocycles. The van der Waals surface area contributed by atoms with Crippen LogP contribution in [0.1, 0.15) is 11.6 Å². The second kappa shape index (κ2) is 7.94. The van der Waals surface area contributed by atoms with Crippen LogP contribution in [0.15, 0.2) is 48.5 Å². The first-order chi connectivity index (χ1) is 11.1. The summed E-state index contributed by atoms with van der Waals surface area (Å²) in [7, 11) is 5.25. The van der Waals surface area contributed by atoms with Gasteiger partial charge in [-0.3, -0.25) is 0 Å². The number of benzene rings is 2. The zero-order chi connectivity index (χ0) is 16.8. The highest BCUT2D eigenvalue weighted by Gasteiger charge is 2.25. The summed E-state index contributed by atoms with van der Waals surface area (Å²) in [4.78, 5) is 1.88. The molecule has 0 radical (unpaired) electrons. The van der Waals surface area contributed by atoms with Crippen LogP contribution >= 0.6 is 0 Å². The van der Waals surface area contributed by atoms with Gasteiger partial charge in [-0.05, 0) is 42.9 Å². The van der Waals surface area contributed by atoms with E-state index in [1.807, 2.05) is 42.3 Å². The lowest BCUT2D eigenvalue weighted by Crippen LogP contribution is -2.39. The van der Waals surface area contributed by atoms with E-state index in [0.29, 0.717) is 12.2 Å². The Bertz CT molecular complexity index is 619. The van der Waals surface area contributed by atoms with E-state index in [2.05, 4.69) is 5.32 Å². The second-order valence-electron chi connectivity index (χ2n) is 5.43. The zero-order valence-corrected chi connectivity index (χ0v) is 13.7. The minimum Gasteiger partial charge on any atom is -0.497 e. The number of nitrogens with one attached hydrogen (secondary N) is 1. The van der Waals surface area contributed by atoms with Gasteiger partial charge in [0, 0.05) is 19.3 Å². The first kappa shape index (κ1) is 17.2. The number of methoxy groups -OCH3 is 1. The third-order valence-corrected chi connectivity index (χ3v) is 3.87. The molecule has 0 aromatic heterocycles. The van der Waals surface area contributed by atoms with Crippen molar-refractivity contribution in [3.05, 3.63) is 59.9 Å². The molecule has 0 bridgehead atoms. The Morgan fingerprint density at radius 3 is 2.48 bits per heavy atom. The molecule has 23 heavy (non-hydrogen) atoms. The summed E-state index contributed by atoms with van der Waals surface area (Å²) in [6.07, 6.45) is -0.651. The van der Waals surface area contributed by atoms with Crippen molar-refractivity contribution in [2.45, 2.75) is 12.1 Å². The van der Waals surface area contributed by atoms with Crippen molar-refractivity contribution in [1.29, 1.82) is 0 Å². The number of nitrogens with zero attached hydrogens (tertiary/aromatic N) is 1. The number of anilines is 1. The van der Waals surface area contributed by atoms with Crippen molar-refractivity contribution in [3.63, 3.8) is 0 Å². The van der Waals surface area contributed by atoms with Crippen LogP contribution in [0.25, 0.3) is 0 Å². The quantitative estimate of drug-likeness (QED) is 0.824. The van der Waals surface area contributed by atoms with Crippen LogP contribution in [0, 0.1) is 5.82 Å². The van der Waals surface area contributed by atoms with Crippen molar-refractivity contribution < 1.29 is 14.2 Å². The lowest BCUT2D eigenvalue weighted by molar-refractivity contribution is 0.142. The number of aliphatic hydroxyl groups is 1. The van der Waals surface area contributed by atoms with Gasteiger partial charge in [-0.15, -0.1) is 0 Å². The molecule has 0 aliphatic carbocycles. The summed E-state index contributed by atoms with van der Waals surface area (Å²) in [6.45, 7) is 0.427. The van der Waals surface area contributed by atoms with Crippen LogP contribution in [0.3, 0.4) is 0 Å². The highest BCUT2D eigenvalue weighted by atomic mass is 19.1. The highest BCUT2D eigenvalue weighted by Crippen LogP contribution is 2.30. The molecular formula is C18H23FN2O2. The molecule has 2 aromatic rings. The lowest BCUT2D eigenvalue weighted by Gasteiger charge is -2.34. The Kier molecular flexibility index (Phi) is 5.96. The van der Waals surface area contributed by atoms with Crippen molar-refractivity contribution in [3.8, 4) is 5.75 Å². The van der Waals surface area contributed by atoms with Gasteiger partial charge in [0.25, 0.3) is 0 Å². The third-order valence-electron chi connectivity index (χ3n) is 3.87. The van der Waals surface area contributed by atoms with E-state index >= 15 is 0 Å². The maximum absolute atomic E-state index is 13.5. The molecule has 4 nitrogen and oxygen atoms in total. The van der Waals surface area contributed by atoms with E-state index in [-0.39, 0.29) is 11.9 Å². The topological polar surface area (TPSA) is 44.7 Å². The van der Waals surface area contributed by atoms with E-state index < -0.39 is 6.10 Å². The molecule has 0 aliphatic heterocycles. The van der Waals surface area contributed by atoms with Crippen LogP contribution in [-0.2, 0) is 0 Å². The molecule has 0 spiro atoms. The maximum atomic E-state index is 13.5. The summed E-state index contributed by atoms with van der Waals surface area (Å²) in [5, 5.41) is 13.5. The van der Waals surface area contributed by atoms with E-state index in [0.717, 1.165) is 11.3 Å². The van der Waals surface area contributed by atoms with Crippen molar-refractivity contribution in [2.75, 3.05) is 32.6 Å². The summed E-state index contributed by atoms with van der Waals surface area (Å²) in [5.74, 6) is 0.454. The van der Waals surface area contributed by atoms with Crippen LogP contribution in [-0.4, -0.2) is 39.0 Å². The summed E-state index contributed by atoms with van der Waals surface area (Å²) >= 11 is 0. The molecule has 0 aliphatic rings. The first-order valence-electron chi connectivity index (χ1n) is 7.52. The van der Waals surface area contributed by atoms with Crippen LogP contribution in [0.2, 0.25) is 0 Å². The minimum atomic E-state index is -0.651. The molecule has 0 heterocycles. The van der Waals surface area contributed by atoms with E-state index in [4.69, 9.17) is 4.74 Å². The predicted octanol–water partition coefficient (Wildman–Crippen LogP) is 2.59. The third kappa shape index (κ3) is 4.21. The van der Waals surface area contributed by atoms with Gasteiger partial charge in [-0.25, -0.2) is 4.39 Å². The number of halogens is 1. The molecule has 5 heteroatoms. The predicted molar refractivity (Wildman–Crippen MR) is 90.5 cm³/mol. The molecular weight excluding hydrogens is 295 g/mol. The number of ether oxygens (including phenoxy) is 1. The van der Waals surface area contributed by atoms with Crippen LogP contribution < -0.4 is 15.0 Å². The van der Waals surface area contributed by atoms with E-state index in [1.54, 1.807) is 20.2 Å². The van der Waals surface area contributed by atoms with Gasteiger partial charge >= 0.3 is 0 Å². The van der Waals surface area contributed by atoms with Gasteiger partial charge in [0.1, 0.15) is 11.6 Å². The van der Waals surface area contributed by atoms with Gasteiger partial charge in [0.15, 0.2) is 0 Å². The molecule has 2 N–H and O–H groups in total. The average Bonchev–Trinajstić information content (AvgIpc) is 2.56. The van der Waals surface area contributed by atoms with E-state index in [9.17, 15) is 9.50 Å². The number of likely N-dealkylation sites (N-methyl/N-ethyl adjacent to an activating group) is 2. The fraction of sp³-hybridized carbons (Fsp3) is 0.333. The van der Waals surface area contributed by atoms with E-state index in [1.165, 1.54) is 12.1 Å². The van der Waals surface area contributed by atoms with Crippen molar-refractivity contribution in [1.82, 2.24) is 5.32 Å². The van der Waals surface area contributed by atoms with Gasteiger partial charge < -0.3 is 20.1 Å². The lowest BCUT2D eigenvalue weighted by atomic mass is 9.99. The number of hydrogen-bond acceptors (Lipinski definition) is 4. The monoisotopic (exact) mass is 318 g/mol. The summed E-state index contributed by atoms with van der Waals surface area (Å²) in [5.41, 5.74) is 1.64. The van der Waals surface area contributed by atoms with Gasteiger partial charge in [-0.2, -0.15) is 0 Å². The van der Waals surface area contributed by atoms with Gasteiger partial charge in [0.2, 0.25) is 0 Å². The maximum Gasteiger partial charge on any atom is 0.125 e. The number of aliphatic hydroxyl groups excluding tert-OH is 1. The van der Waals surface area contributed by atoms with Gasteiger partial charge in [0.05, 0.1) is 19.3 Å². The average molecular weight is 318 g/mol. The Hall–Kier alpha value is -2.11. The molecule has 0 saturated carbocycles. The standard InChI is InChI=1S/C18H23FN2O2/c1-20-12-17(22)18(13-7-9-16(23-3)10-8-13)21(2)15-6-4-5-14(19)11-15/h4-11,17-18,20,22H,12H2,1-3H3/t17-,18+/m1/s1. The summed E-state index contributed by atoms with van der Waals surface area (Å²) < 4.78 is 18.7. The first-order valence-corrected chi connectivity index (χ1v) is 7.52. The molecule has 2 rings (SSSR count). The Labute approximate surface area is 136 Å². The molecule has 124 valence electrons. The Balaban J connectivity index is 2.36. The van der Waals surface area contributed by atoms with Crippen LogP contribution in [0.5, 0.6) is 5.75 Å². The van der Waals surface area contributed by atoms with Crippen LogP contribution in [0.4, 0.5) is 10.1 Å². The fourth-order valence-corrected chi connectivity index (χ4v) is 2.68. The largest absolute Gasteiger partial charge is 0.497 e. The fourth-order valence-electron chi connectivity index (χ4n) is 2.68. The minimum absolute atomic E-state index is 0.300. The number of rotatable bonds is 7. The highest BCUT2D eigenvalue weighted by molar-refractivity contribution is 5.49. The Morgan fingerprint density at radius 2 is 1.91 bits per heavy atom. The molecule has 0 unspecified atom stereocenters. The second-order valence-corrected chi connectivity index (χ2v) is 5.43. The molecule has 0 fully saturated rings. The molecule has 2 aromatic carbocycles.